The van der Waals surface area contributed by atoms with E-state index in [2.05, 4.69) is 5.32 Å². The van der Waals surface area contributed by atoms with Gasteiger partial charge >= 0.3 is 0 Å². The van der Waals surface area contributed by atoms with E-state index in [-0.39, 0.29) is 12.0 Å². The molecule has 3 nitrogen and oxygen atoms in total. The van der Waals surface area contributed by atoms with Gasteiger partial charge in [0.15, 0.2) is 0 Å². The van der Waals surface area contributed by atoms with Crippen LogP contribution in [0.2, 0.25) is 0 Å². The van der Waals surface area contributed by atoms with Crippen molar-refractivity contribution in [3.63, 3.8) is 0 Å². The lowest BCUT2D eigenvalue weighted by Gasteiger charge is -2.13. The first-order valence-corrected chi connectivity index (χ1v) is 5.54. The van der Waals surface area contributed by atoms with Gasteiger partial charge in [0.25, 0.3) is 0 Å². The van der Waals surface area contributed by atoms with Crippen molar-refractivity contribution in [1.29, 1.82) is 0 Å². The normalized spacial score (nSPS) is 19.6. The summed E-state index contributed by atoms with van der Waals surface area (Å²) in [6.45, 7) is 1.99. The molecule has 1 atom stereocenters. The molecule has 0 aromatic heterocycles. The zero-order chi connectivity index (χ0) is 10.4. The molecule has 0 aliphatic heterocycles. The van der Waals surface area contributed by atoms with Crippen LogP contribution in [0.5, 0.6) is 0 Å². The Morgan fingerprint density at radius 2 is 2.14 bits per heavy atom. The van der Waals surface area contributed by atoms with Crippen LogP contribution in [-0.2, 0) is 9.53 Å². The van der Waals surface area contributed by atoms with Gasteiger partial charge in [0.2, 0.25) is 5.91 Å². The Kier molecular flexibility index (Phi) is 4.94. The summed E-state index contributed by atoms with van der Waals surface area (Å²) >= 11 is 0. The summed E-state index contributed by atoms with van der Waals surface area (Å²) in [4.78, 5) is 11.5. The number of hydrogen-bond acceptors (Lipinski definition) is 2. The number of hydrogen-bond donors (Lipinski definition) is 1. The monoisotopic (exact) mass is 199 g/mol. The number of nitrogens with one attached hydrogen (secondary N) is 1. The highest BCUT2D eigenvalue weighted by molar-refractivity contribution is 5.76. The van der Waals surface area contributed by atoms with Crippen LogP contribution in [0.3, 0.4) is 0 Å². The van der Waals surface area contributed by atoms with Crippen molar-refractivity contribution in [3.05, 3.63) is 0 Å². The van der Waals surface area contributed by atoms with Crippen LogP contribution in [0.1, 0.15) is 45.4 Å². The van der Waals surface area contributed by atoms with Gasteiger partial charge in [-0.3, -0.25) is 4.79 Å². The third-order valence-corrected chi connectivity index (χ3v) is 2.90. The van der Waals surface area contributed by atoms with Gasteiger partial charge < -0.3 is 10.1 Å². The molecule has 0 aromatic rings. The molecule has 0 spiro atoms. The zero-order valence-corrected chi connectivity index (χ0v) is 9.21. The van der Waals surface area contributed by atoms with E-state index < -0.39 is 0 Å². The number of amides is 1. The van der Waals surface area contributed by atoms with Crippen LogP contribution in [-0.4, -0.2) is 25.2 Å². The molecule has 1 N–H and O–H groups in total. The Labute approximate surface area is 86.2 Å². The topological polar surface area (TPSA) is 38.3 Å². The van der Waals surface area contributed by atoms with E-state index >= 15 is 0 Å². The number of methoxy groups -OCH3 is 1. The van der Waals surface area contributed by atoms with Crippen LogP contribution in [0.25, 0.3) is 0 Å². The first-order chi connectivity index (χ1) is 6.72. The fraction of sp³-hybridized carbons (Fsp3) is 0.909. The predicted octanol–water partition coefficient (Wildman–Crippen LogP) is 1.86. The highest BCUT2D eigenvalue weighted by atomic mass is 16.5. The van der Waals surface area contributed by atoms with Gasteiger partial charge in [-0.15, -0.1) is 0 Å². The molecule has 0 aromatic carbocycles. The number of rotatable bonds is 5. The second-order valence-electron chi connectivity index (χ2n) is 4.13. The van der Waals surface area contributed by atoms with E-state index in [1.165, 1.54) is 12.8 Å². The van der Waals surface area contributed by atoms with Gasteiger partial charge in [0, 0.05) is 19.6 Å². The summed E-state index contributed by atoms with van der Waals surface area (Å²) in [7, 11) is 1.68. The van der Waals surface area contributed by atoms with Crippen molar-refractivity contribution >= 4 is 5.91 Å². The molecule has 1 saturated carbocycles. The number of carbonyl (C=O) groups excluding carboxylic acids is 1. The smallest absolute Gasteiger partial charge is 0.220 e. The number of ether oxygens (including phenoxy) is 1. The zero-order valence-electron chi connectivity index (χ0n) is 9.21. The van der Waals surface area contributed by atoms with E-state index in [1.807, 2.05) is 6.92 Å². The lowest BCUT2D eigenvalue weighted by atomic mass is 10.2. The molecule has 0 heterocycles. The minimum absolute atomic E-state index is 0.181. The molecule has 0 saturated heterocycles. The Balaban J connectivity index is 2.09. The van der Waals surface area contributed by atoms with E-state index in [9.17, 15) is 4.79 Å². The van der Waals surface area contributed by atoms with Gasteiger partial charge in [0.1, 0.15) is 0 Å². The third kappa shape index (κ3) is 4.09. The molecule has 0 radical (unpaired) electrons. The van der Waals surface area contributed by atoms with Crippen LogP contribution in [0, 0.1) is 0 Å². The maximum Gasteiger partial charge on any atom is 0.220 e. The van der Waals surface area contributed by atoms with Crippen LogP contribution in [0.15, 0.2) is 0 Å². The van der Waals surface area contributed by atoms with Gasteiger partial charge in [-0.25, -0.2) is 0 Å². The molecular weight excluding hydrogens is 178 g/mol. The van der Waals surface area contributed by atoms with Crippen molar-refractivity contribution in [1.82, 2.24) is 5.32 Å². The van der Waals surface area contributed by atoms with Crippen LogP contribution >= 0.6 is 0 Å². The van der Waals surface area contributed by atoms with E-state index in [0.29, 0.717) is 12.5 Å². The lowest BCUT2D eigenvalue weighted by molar-refractivity contribution is -0.122. The molecule has 1 rings (SSSR count). The predicted molar refractivity (Wildman–Crippen MR) is 56.1 cm³/mol. The third-order valence-electron chi connectivity index (χ3n) is 2.90. The Bertz CT molecular complexity index is 176. The van der Waals surface area contributed by atoms with Gasteiger partial charge in [-0.1, -0.05) is 12.8 Å². The number of carbonyl (C=O) groups is 1. The second kappa shape index (κ2) is 6.02. The van der Waals surface area contributed by atoms with Gasteiger partial charge in [-0.2, -0.15) is 0 Å². The summed E-state index contributed by atoms with van der Waals surface area (Å²) in [5.74, 6) is 0.181. The quantitative estimate of drug-likeness (QED) is 0.734. The average Bonchev–Trinajstić information content (AvgIpc) is 2.66. The Morgan fingerprint density at radius 1 is 1.50 bits per heavy atom. The van der Waals surface area contributed by atoms with Gasteiger partial charge in [-0.05, 0) is 26.2 Å². The molecule has 1 amide bonds. The van der Waals surface area contributed by atoms with E-state index in [4.69, 9.17) is 4.74 Å². The van der Waals surface area contributed by atoms with Crippen molar-refractivity contribution in [3.8, 4) is 0 Å². The average molecular weight is 199 g/mol. The maximum atomic E-state index is 11.5. The highest BCUT2D eigenvalue weighted by Crippen LogP contribution is 2.17. The molecule has 0 bridgehead atoms. The molecule has 14 heavy (non-hydrogen) atoms. The van der Waals surface area contributed by atoms with Crippen LogP contribution < -0.4 is 5.32 Å². The first-order valence-electron chi connectivity index (χ1n) is 5.54. The first kappa shape index (κ1) is 11.5. The minimum atomic E-state index is 0.181. The van der Waals surface area contributed by atoms with Crippen molar-refractivity contribution in [2.75, 3.05) is 7.11 Å². The molecule has 82 valence electrons. The summed E-state index contributed by atoms with van der Waals surface area (Å²) in [6, 6.07) is 0.445. The fourth-order valence-electron chi connectivity index (χ4n) is 1.82. The Morgan fingerprint density at radius 3 is 2.71 bits per heavy atom. The summed E-state index contributed by atoms with van der Waals surface area (Å²) in [5.41, 5.74) is 0. The molecule has 1 fully saturated rings. The second-order valence-corrected chi connectivity index (χ2v) is 4.13. The Hall–Kier alpha value is -0.570. The highest BCUT2D eigenvalue weighted by Gasteiger charge is 2.17. The van der Waals surface area contributed by atoms with E-state index in [0.717, 1.165) is 19.3 Å². The molecule has 3 heteroatoms. The SMILES string of the molecule is COC(C)CCC(=O)NC1CCCC1. The molecule has 1 aliphatic rings. The van der Waals surface area contributed by atoms with Crippen molar-refractivity contribution in [2.24, 2.45) is 0 Å². The maximum absolute atomic E-state index is 11.5. The summed E-state index contributed by atoms with van der Waals surface area (Å²) < 4.78 is 5.09. The van der Waals surface area contributed by atoms with Crippen LogP contribution in [0.4, 0.5) is 0 Å². The minimum Gasteiger partial charge on any atom is -0.382 e. The van der Waals surface area contributed by atoms with Crippen molar-refractivity contribution < 1.29 is 9.53 Å². The fourth-order valence-corrected chi connectivity index (χ4v) is 1.82. The van der Waals surface area contributed by atoms with Gasteiger partial charge in [0.05, 0.1) is 6.10 Å². The molecule has 1 unspecified atom stereocenters. The largest absolute Gasteiger partial charge is 0.382 e. The van der Waals surface area contributed by atoms with Crippen molar-refractivity contribution in [2.45, 2.75) is 57.6 Å². The molecular formula is C11H21NO2. The lowest BCUT2D eigenvalue weighted by Crippen LogP contribution is -2.32. The molecule has 1 aliphatic carbocycles. The van der Waals surface area contributed by atoms with E-state index in [1.54, 1.807) is 7.11 Å². The summed E-state index contributed by atoms with van der Waals surface area (Å²) in [5, 5.41) is 3.06. The summed E-state index contributed by atoms with van der Waals surface area (Å²) in [6.07, 6.45) is 6.43. The standard InChI is InChI=1S/C11H21NO2/c1-9(14-2)7-8-11(13)12-10-5-3-4-6-10/h9-10H,3-8H2,1-2H3,(H,12,13).